The quantitative estimate of drug-likeness (QED) is 0.856. The van der Waals surface area contributed by atoms with Gasteiger partial charge in [0.2, 0.25) is 0 Å². The third-order valence-corrected chi connectivity index (χ3v) is 3.51. The van der Waals surface area contributed by atoms with E-state index in [0.29, 0.717) is 17.4 Å². The molecule has 0 aromatic carbocycles. The first-order chi connectivity index (χ1) is 8.61. The van der Waals surface area contributed by atoms with Crippen LogP contribution in [0.2, 0.25) is 0 Å². The van der Waals surface area contributed by atoms with Crippen molar-refractivity contribution in [2.24, 2.45) is 5.92 Å². The zero-order valence-electron chi connectivity index (χ0n) is 10.6. The third-order valence-electron chi connectivity index (χ3n) is 3.51. The lowest BCUT2D eigenvalue weighted by Gasteiger charge is -2.33. The molecule has 1 aliphatic heterocycles. The lowest BCUT2D eigenvalue weighted by atomic mass is 9.95. The smallest absolute Gasteiger partial charge is 0.339 e. The molecule has 1 atom stereocenters. The van der Waals surface area contributed by atoms with Crippen molar-refractivity contribution in [3.63, 3.8) is 0 Å². The Labute approximate surface area is 107 Å². The maximum absolute atomic E-state index is 11.2. The molecule has 0 radical (unpaired) electrons. The molecule has 0 spiro atoms. The maximum atomic E-state index is 11.2. The Bertz CT molecular complexity index is 448. The first-order valence-electron chi connectivity index (χ1n) is 6.35. The van der Waals surface area contributed by atoms with Crippen LogP contribution < -0.4 is 10.6 Å². The molecule has 18 heavy (non-hydrogen) atoms. The van der Waals surface area contributed by atoms with Crippen LogP contribution in [0.25, 0.3) is 0 Å². The number of carboxylic acids is 1. The van der Waals surface area contributed by atoms with E-state index in [1.807, 2.05) is 0 Å². The molecule has 0 aliphatic carbocycles. The average molecular weight is 249 g/mol. The summed E-state index contributed by atoms with van der Waals surface area (Å²) in [6.45, 7) is 3.92. The van der Waals surface area contributed by atoms with Crippen molar-refractivity contribution < 1.29 is 9.90 Å². The number of nitrogen functional groups attached to an aromatic ring is 1. The van der Waals surface area contributed by atoms with Gasteiger partial charge in [-0.2, -0.15) is 0 Å². The third kappa shape index (κ3) is 2.55. The molecular formula is C13H19N3O2. The molecule has 0 bridgehead atoms. The Hall–Kier alpha value is -1.78. The summed E-state index contributed by atoms with van der Waals surface area (Å²) in [5, 5.41) is 9.22. The minimum atomic E-state index is -0.969. The maximum Gasteiger partial charge on any atom is 0.339 e. The van der Waals surface area contributed by atoms with Gasteiger partial charge in [-0.1, -0.05) is 13.3 Å². The van der Waals surface area contributed by atoms with E-state index in [1.54, 1.807) is 0 Å². The molecule has 2 rings (SSSR count). The highest BCUT2D eigenvalue weighted by molar-refractivity contribution is 5.94. The first kappa shape index (κ1) is 12.7. The van der Waals surface area contributed by atoms with Gasteiger partial charge < -0.3 is 15.7 Å². The van der Waals surface area contributed by atoms with E-state index < -0.39 is 5.97 Å². The second-order valence-corrected chi connectivity index (χ2v) is 4.81. The topological polar surface area (TPSA) is 79.5 Å². The zero-order valence-corrected chi connectivity index (χ0v) is 10.6. The predicted molar refractivity (Wildman–Crippen MR) is 70.8 cm³/mol. The molecule has 1 unspecified atom stereocenters. The second kappa shape index (κ2) is 5.25. The van der Waals surface area contributed by atoms with E-state index in [2.05, 4.69) is 16.8 Å². The van der Waals surface area contributed by atoms with Gasteiger partial charge in [0.25, 0.3) is 0 Å². The van der Waals surface area contributed by atoms with E-state index in [9.17, 15) is 9.90 Å². The van der Waals surface area contributed by atoms with Gasteiger partial charge in [0.15, 0.2) is 0 Å². The highest BCUT2D eigenvalue weighted by Crippen LogP contribution is 2.26. The van der Waals surface area contributed by atoms with Gasteiger partial charge in [0.1, 0.15) is 11.4 Å². The fourth-order valence-electron chi connectivity index (χ4n) is 2.47. The van der Waals surface area contributed by atoms with Crippen molar-refractivity contribution in [1.82, 2.24) is 4.98 Å². The average Bonchev–Trinajstić information content (AvgIpc) is 2.38. The lowest BCUT2D eigenvalue weighted by molar-refractivity contribution is 0.0697. The first-order valence-corrected chi connectivity index (χ1v) is 6.35. The Morgan fingerprint density at radius 1 is 1.67 bits per heavy atom. The Kier molecular flexibility index (Phi) is 3.69. The minimum Gasteiger partial charge on any atom is -0.478 e. The summed E-state index contributed by atoms with van der Waals surface area (Å²) in [6.07, 6.45) is 4.94. The number of carboxylic acid groups (broad SMARTS) is 1. The number of pyridine rings is 1. The van der Waals surface area contributed by atoms with Crippen LogP contribution in [0.4, 0.5) is 11.5 Å². The van der Waals surface area contributed by atoms with Crippen LogP contribution in [0.15, 0.2) is 12.3 Å². The molecule has 1 aromatic heterocycles. The molecule has 1 aromatic rings. The van der Waals surface area contributed by atoms with Crippen molar-refractivity contribution >= 4 is 17.5 Å². The van der Waals surface area contributed by atoms with E-state index in [0.717, 1.165) is 25.9 Å². The fraction of sp³-hybridized carbons (Fsp3) is 0.538. The summed E-state index contributed by atoms with van der Waals surface area (Å²) >= 11 is 0. The number of hydrogen-bond donors (Lipinski definition) is 2. The van der Waals surface area contributed by atoms with E-state index in [4.69, 9.17) is 5.73 Å². The van der Waals surface area contributed by atoms with Gasteiger partial charge in [-0.15, -0.1) is 0 Å². The van der Waals surface area contributed by atoms with E-state index in [1.165, 1.54) is 18.7 Å². The van der Waals surface area contributed by atoms with Gasteiger partial charge in [0.05, 0.1) is 11.9 Å². The van der Waals surface area contributed by atoms with E-state index >= 15 is 0 Å². The lowest BCUT2D eigenvalue weighted by Crippen LogP contribution is -2.36. The fourth-order valence-corrected chi connectivity index (χ4v) is 2.47. The largest absolute Gasteiger partial charge is 0.478 e. The number of carbonyl (C=O) groups is 1. The van der Waals surface area contributed by atoms with Crippen molar-refractivity contribution in [1.29, 1.82) is 0 Å². The zero-order chi connectivity index (χ0) is 13.1. The number of nitrogens with zero attached hydrogens (tertiary/aromatic N) is 2. The molecular weight excluding hydrogens is 230 g/mol. The normalized spacial score (nSPS) is 19.8. The molecule has 1 fully saturated rings. The molecule has 5 nitrogen and oxygen atoms in total. The van der Waals surface area contributed by atoms with Crippen LogP contribution >= 0.6 is 0 Å². The monoisotopic (exact) mass is 249 g/mol. The summed E-state index contributed by atoms with van der Waals surface area (Å²) in [5.41, 5.74) is 6.19. The van der Waals surface area contributed by atoms with Gasteiger partial charge in [0, 0.05) is 13.1 Å². The molecule has 2 heterocycles. The molecule has 1 aliphatic rings. The molecule has 0 saturated carbocycles. The number of aromatic carboxylic acids is 1. The molecule has 3 N–H and O–H groups in total. The molecule has 5 heteroatoms. The summed E-state index contributed by atoms with van der Waals surface area (Å²) in [7, 11) is 0. The number of rotatable bonds is 3. The summed E-state index contributed by atoms with van der Waals surface area (Å²) in [5.74, 6) is 0.206. The highest BCUT2D eigenvalue weighted by atomic mass is 16.4. The van der Waals surface area contributed by atoms with Gasteiger partial charge >= 0.3 is 5.97 Å². The van der Waals surface area contributed by atoms with Crippen molar-refractivity contribution in [3.05, 3.63) is 17.8 Å². The number of aromatic nitrogens is 1. The predicted octanol–water partition coefficient (Wildman–Crippen LogP) is 1.99. The summed E-state index contributed by atoms with van der Waals surface area (Å²) in [4.78, 5) is 17.5. The molecule has 1 saturated heterocycles. The van der Waals surface area contributed by atoms with Gasteiger partial charge in [-0.25, -0.2) is 9.78 Å². The van der Waals surface area contributed by atoms with Crippen LogP contribution in [-0.4, -0.2) is 29.1 Å². The van der Waals surface area contributed by atoms with Crippen LogP contribution in [0.3, 0.4) is 0 Å². The number of piperidine rings is 1. The number of anilines is 2. The van der Waals surface area contributed by atoms with Crippen molar-refractivity contribution in [2.45, 2.75) is 26.2 Å². The molecule has 0 amide bonds. The standard InChI is InChI=1S/C13H19N3O2/c1-2-9-4-3-5-16(8-9)12-11(13(17)18)6-10(14)7-15-12/h6-7,9H,2-5,8,14H2,1H3,(H,17,18). The van der Waals surface area contributed by atoms with Gasteiger partial charge in [-0.3, -0.25) is 0 Å². The summed E-state index contributed by atoms with van der Waals surface area (Å²) < 4.78 is 0. The Balaban J connectivity index is 2.29. The number of nitrogens with two attached hydrogens (primary N) is 1. The Morgan fingerprint density at radius 3 is 3.11 bits per heavy atom. The minimum absolute atomic E-state index is 0.201. The second-order valence-electron chi connectivity index (χ2n) is 4.81. The van der Waals surface area contributed by atoms with E-state index in [-0.39, 0.29) is 5.56 Å². The van der Waals surface area contributed by atoms with Crippen molar-refractivity contribution in [2.75, 3.05) is 23.7 Å². The Morgan fingerprint density at radius 2 is 2.44 bits per heavy atom. The van der Waals surface area contributed by atoms with Crippen LogP contribution in [0.1, 0.15) is 36.5 Å². The van der Waals surface area contributed by atoms with Crippen LogP contribution in [0, 0.1) is 5.92 Å². The summed E-state index contributed by atoms with van der Waals surface area (Å²) in [6, 6.07) is 1.49. The van der Waals surface area contributed by atoms with Crippen molar-refractivity contribution in [3.8, 4) is 0 Å². The van der Waals surface area contributed by atoms with Gasteiger partial charge in [-0.05, 0) is 24.8 Å². The van der Waals surface area contributed by atoms with Crippen LogP contribution in [0.5, 0.6) is 0 Å². The SMILES string of the molecule is CCC1CCCN(c2ncc(N)cc2C(=O)O)C1. The highest BCUT2D eigenvalue weighted by Gasteiger charge is 2.23. The number of hydrogen-bond acceptors (Lipinski definition) is 4. The van der Waals surface area contributed by atoms with Crippen LogP contribution in [-0.2, 0) is 0 Å². The molecule has 98 valence electrons.